The molecule has 0 aliphatic carbocycles. The van der Waals surface area contributed by atoms with Gasteiger partial charge < -0.3 is 14.5 Å². The van der Waals surface area contributed by atoms with Crippen molar-refractivity contribution in [3.63, 3.8) is 0 Å². The lowest BCUT2D eigenvalue weighted by atomic mass is 10.2. The van der Waals surface area contributed by atoms with Crippen LogP contribution in [-0.4, -0.2) is 20.0 Å². The van der Waals surface area contributed by atoms with Gasteiger partial charge in [0, 0.05) is 19.0 Å². The minimum atomic E-state index is -0.336. The van der Waals surface area contributed by atoms with Gasteiger partial charge in [-0.2, -0.15) is 0 Å². The van der Waals surface area contributed by atoms with E-state index in [9.17, 15) is 9.18 Å². The minimum Gasteiger partial charge on any atom is -0.344 e. The third-order valence-electron chi connectivity index (χ3n) is 5.59. The van der Waals surface area contributed by atoms with E-state index in [2.05, 4.69) is 22.0 Å². The van der Waals surface area contributed by atoms with Crippen molar-refractivity contribution in [3.8, 4) is 0 Å². The lowest BCUT2D eigenvalue weighted by molar-refractivity contribution is 0.0942. The first-order valence-electron chi connectivity index (χ1n) is 10.1. The van der Waals surface area contributed by atoms with Gasteiger partial charge in [0.1, 0.15) is 17.3 Å². The summed E-state index contributed by atoms with van der Waals surface area (Å²) in [5.41, 5.74) is 4.14. The molecule has 0 saturated carbocycles. The Bertz CT molecular complexity index is 1400. The number of para-hydroxylation sites is 2. The number of imidazole rings is 1. The number of fused-ring (bicyclic) bond motifs is 2. The normalized spacial score (nSPS) is 11.3. The predicted molar refractivity (Wildman–Crippen MR) is 119 cm³/mol. The Hall–Kier alpha value is -3.93. The summed E-state index contributed by atoms with van der Waals surface area (Å²) in [4.78, 5) is 17.6. The zero-order valence-corrected chi connectivity index (χ0v) is 17.0. The van der Waals surface area contributed by atoms with Gasteiger partial charge in [-0.25, -0.2) is 9.37 Å². The molecular weight excluding hydrogens is 391 g/mol. The Morgan fingerprint density at radius 3 is 2.52 bits per heavy atom. The van der Waals surface area contributed by atoms with Crippen LogP contribution in [-0.2, 0) is 20.1 Å². The van der Waals surface area contributed by atoms with Gasteiger partial charge in [-0.15, -0.1) is 0 Å². The number of nitrogens with zero attached hydrogens (tertiary/aromatic N) is 3. The molecule has 5 nitrogen and oxygen atoms in total. The monoisotopic (exact) mass is 412 g/mol. The molecule has 0 spiro atoms. The number of amides is 1. The smallest absolute Gasteiger partial charge is 0.268 e. The number of carbonyl (C=O) groups is 1. The maximum Gasteiger partial charge on any atom is 0.268 e. The van der Waals surface area contributed by atoms with Crippen LogP contribution in [0.15, 0.2) is 78.9 Å². The summed E-state index contributed by atoms with van der Waals surface area (Å²) < 4.78 is 17.9. The fraction of sp³-hybridized carbons (Fsp3) is 0.120. The quantitative estimate of drug-likeness (QED) is 0.457. The van der Waals surface area contributed by atoms with Crippen LogP contribution < -0.4 is 5.32 Å². The van der Waals surface area contributed by atoms with Crippen LogP contribution in [0.5, 0.6) is 0 Å². The second kappa shape index (κ2) is 7.72. The lowest BCUT2D eigenvalue weighted by Gasteiger charge is -2.11. The fourth-order valence-electron chi connectivity index (χ4n) is 3.99. The topological polar surface area (TPSA) is 51.9 Å². The van der Waals surface area contributed by atoms with E-state index in [4.69, 9.17) is 4.98 Å². The molecular formula is C25H21FN4O. The summed E-state index contributed by atoms with van der Waals surface area (Å²) in [6, 6.07) is 24.5. The molecule has 0 unspecified atom stereocenters. The molecule has 5 rings (SSSR count). The zero-order valence-electron chi connectivity index (χ0n) is 17.0. The molecule has 1 amide bonds. The summed E-state index contributed by atoms with van der Waals surface area (Å²) in [5, 5.41) is 3.39. The number of halogens is 1. The second-order valence-electron chi connectivity index (χ2n) is 7.53. The molecule has 0 aliphatic heterocycles. The zero-order chi connectivity index (χ0) is 21.4. The van der Waals surface area contributed by atoms with Crippen molar-refractivity contribution < 1.29 is 9.18 Å². The molecule has 1 N–H and O–H groups in total. The van der Waals surface area contributed by atoms with E-state index in [1.54, 1.807) is 29.8 Å². The molecule has 5 aromatic rings. The van der Waals surface area contributed by atoms with Crippen molar-refractivity contribution in [1.29, 1.82) is 0 Å². The van der Waals surface area contributed by atoms with Gasteiger partial charge in [-0.1, -0.05) is 48.5 Å². The van der Waals surface area contributed by atoms with E-state index in [1.165, 1.54) is 6.07 Å². The highest BCUT2D eigenvalue weighted by atomic mass is 19.1. The van der Waals surface area contributed by atoms with Crippen LogP contribution in [0, 0.1) is 5.82 Å². The highest BCUT2D eigenvalue weighted by Crippen LogP contribution is 2.22. The SMILES string of the molecule is Cn1c(C(=O)NCc2nc3ccccc3n2Cc2ccccc2)cc2c(F)cccc21. The number of rotatable bonds is 5. The number of carbonyl (C=O) groups excluding carboxylic acids is 1. The average Bonchev–Trinajstić information content (AvgIpc) is 3.32. The summed E-state index contributed by atoms with van der Waals surface area (Å²) in [6.07, 6.45) is 0. The highest BCUT2D eigenvalue weighted by molar-refractivity contribution is 5.98. The van der Waals surface area contributed by atoms with Crippen molar-refractivity contribution >= 4 is 27.8 Å². The summed E-state index contributed by atoms with van der Waals surface area (Å²) in [6.45, 7) is 0.927. The third kappa shape index (κ3) is 3.46. The van der Waals surface area contributed by atoms with Crippen LogP contribution in [0.25, 0.3) is 21.9 Å². The highest BCUT2D eigenvalue weighted by Gasteiger charge is 2.17. The van der Waals surface area contributed by atoms with Gasteiger partial charge in [0.25, 0.3) is 5.91 Å². The van der Waals surface area contributed by atoms with E-state index in [1.807, 2.05) is 42.5 Å². The number of benzene rings is 3. The van der Waals surface area contributed by atoms with Crippen LogP contribution in [0.2, 0.25) is 0 Å². The maximum absolute atomic E-state index is 14.1. The first kappa shape index (κ1) is 19.1. The van der Waals surface area contributed by atoms with Crippen molar-refractivity contribution in [1.82, 2.24) is 19.4 Å². The summed E-state index contributed by atoms with van der Waals surface area (Å²) in [5.74, 6) is 0.163. The average molecular weight is 412 g/mol. The van der Waals surface area contributed by atoms with Crippen LogP contribution in [0.4, 0.5) is 4.39 Å². The Balaban J connectivity index is 1.45. The van der Waals surface area contributed by atoms with Crippen molar-refractivity contribution in [2.45, 2.75) is 13.1 Å². The van der Waals surface area contributed by atoms with Gasteiger partial charge >= 0.3 is 0 Å². The van der Waals surface area contributed by atoms with Gasteiger partial charge in [-0.3, -0.25) is 4.79 Å². The number of aromatic nitrogens is 3. The first-order chi connectivity index (χ1) is 15.1. The second-order valence-corrected chi connectivity index (χ2v) is 7.53. The van der Waals surface area contributed by atoms with E-state index >= 15 is 0 Å². The molecule has 0 bridgehead atoms. The Kier molecular flexibility index (Phi) is 4.75. The first-order valence-corrected chi connectivity index (χ1v) is 10.1. The minimum absolute atomic E-state index is 0.267. The lowest BCUT2D eigenvalue weighted by Crippen LogP contribution is -2.26. The molecule has 154 valence electrons. The molecule has 6 heteroatoms. The van der Waals surface area contributed by atoms with Crippen molar-refractivity contribution in [3.05, 3.63) is 102 Å². The number of hydrogen-bond donors (Lipinski definition) is 1. The standard InChI is InChI=1S/C25H21FN4O/c1-29-21-13-7-10-19(26)18(21)14-23(29)25(31)27-15-24-28-20-11-5-6-12-22(20)30(24)16-17-8-3-2-4-9-17/h2-14H,15-16H2,1H3,(H,27,31). The van der Waals surface area contributed by atoms with Crippen LogP contribution >= 0.6 is 0 Å². The molecule has 0 saturated heterocycles. The molecule has 2 heterocycles. The number of hydrogen-bond acceptors (Lipinski definition) is 2. The van der Waals surface area contributed by atoms with Gasteiger partial charge in [0.05, 0.1) is 23.1 Å². The molecule has 0 fully saturated rings. The Morgan fingerprint density at radius 2 is 1.71 bits per heavy atom. The van der Waals surface area contributed by atoms with Crippen molar-refractivity contribution in [2.24, 2.45) is 7.05 Å². The maximum atomic E-state index is 14.1. The van der Waals surface area contributed by atoms with E-state index in [0.717, 1.165) is 22.4 Å². The van der Waals surface area contributed by atoms with E-state index < -0.39 is 0 Å². The number of nitrogens with one attached hydrogen (secondary N) is 1. The van der Waals surface area contributed by atoms with Gasteiger partial charge in [0.15, 0.2) is 0 Å². The molecule has 0 atom stereocenters. The molecule has 2 aromatic heterocycles. The Morgan fingerprint density at radius 1 is 0.968 bits per heavy atom. The number of aryl methyl sites for hydroxylation is 1. The summed E-state index contributed by atoms with van der Waals surface area (Å²) >= 11 is 0. The molecule has 0 aliphatic rings. The Labute approximate surface area is 178 Å². The van der Waals surface area contributed by atoms with Gasteiger partial charge in [0.2, 0.25) is 0 Å². The van der Waals surface area contributed by atoms with Crippen LogP contribution in [0.3, 0.4) is 0 Å². The van der Waals surface area contributed by atoms with E-state index in [0.29, 0.717) is 23.1 Å². The molecule has 31 heavy (non-hydrogen) atoms. The molecule has 0 radical (unpaired) electrons. The predicted octanol–water partition coefficient (Wildman–Crippen LogP) is 4.65. The fourth-order valence-corrected chi connectivity index (χ4v) is 3.99. The van der Waals surface area contributed by atoms with Gasteiger partial charge in [-0.05, 0) is 35.9 Å². The summed E-state index contributed by atoms with van der Waals surface area (Å²) in [7, 11) is 1.77. The molecule has 3 aromatic carbocycles. The van der Waals surface area contributed by atoms with Crippen LogP contribution in [0.1, 0.15) is 21.9 Å². The van der Waals surface area contributed by atoms with Crippen molar-refractivity contribution in [2.75, 3.05) is 0 Å². The largest absolute Gasteiger partial charge is 0.344 e. The van der Waals surface area contributed by atoms with E-state index in [-0.39, 0.29) is 18.3 Å². The third-order valence-corrected chi connectivity index (χ3v) is 5.59.